The van der Waals surface area contributed by atoms with Crippen LogP contribution in [0.25, 0.3) is 11.6 Å². The maximum atomic E-state index is 14.2. The molecule has 1 amide bonds. The molecule has 1 aromatic carbocycles. The predicted molar refractivity (Wildman–Crippen MR) is 137 cm³/mol. The molecule has 0 unspecified atom stereocenters. The van der Waals surface area contributed by atoms with Gasteiger partial charge in [-0.1, -0.05) is 26.3 Å². The third kappa shape index (κ3) is 6.32. The molecular weight excluding hydrogens is 626 g/mol. The van der Waals surface area contributed by atoms with E-state index in [2.05, 4.69) is 24.7 Å². The second-order valence-electron chi connectivity index (χ2n) is 11.6. The number of aromatic nitrogens is 3. The van der Waals surface area contributed by atoms with Gasteiger partial charge in [0.05, 0.1) is 11.3 Å². The summed E-state index contributed by atoms with van der Waals surface area (Å²) < 4.78 is 126. The highest BCUT2D eigenvalue weighted by Gasteiger charge is 2.58. The van der Waals surface area contributed by atoms with Crippen LogP contribution in [-0.2, 0) is 18.3 Å². The second kappa shape index (κ2) is 10.7. The van der Waals surface area contributed by atoms with Crippen molar-refractivity contribution in [2.45, 2.75) is 70.3 Å². The summed E-state index contributed by atoms with van der Waals surface area (Å²) in [6, 6.07) is 3.95. The molecule has 0 saturated heterocycles. The molecule has 3 aromatic rings. The largest absolute Gasteiger partial charge is 0.586 e. The number of carbonyl (C=O) groups excluding carboxylic acids is 1. The molecule has 5 rings (SSSR count). The van der Waals surface area contributed by atoms with Crippen molar-refractivity contribution in [1.29, 1.82) is 0 Å². The topological polar surface area (TPSA) is 137 Å². The molecular formula is C27H25F8N5O5. The number of anilines is 1. The van der Waals surface area contributed by atoms with Crippen LogP contribution in [0, 0.1) is 5.41 Å². The zero-order valence-corrected chi connectivity index (χ0v) is 23.5. The fourth-order valence-corrected chi connectivity index (χ4v) is 5.18. The van der Waals surface area contributed by atoms with Gasteiger partial charge in [0.25, 0.3) is 17.7 Å². The van der Waals surface area contributed by atoms with Gasteiger partial charge in [0.2, 0.25) is 5.60 Å². The van der Waals surface area contributed by atoms with Gasteiger partial charge in [0.15, 0.2) is 17.2 Å². The first-order chi connectivity index (χ1) is 20.7. The van der Waals surface area contributed by atoms with Crippen molar-refractivity contribution in [3.63, 3.8) is 0 Å². The van der Waals surface area contributed by atoms with Crippen molar-refractivity contribution in [3.8, 4) is 23.1 Å². The van der Waals surface area contributed by atoms with Crippen LogP contribution in [0.2, 0.25) is 0 Å². The number of pyridine rings is 1. The number of amides is 1. The van der Waals surface area contributed by atoms with Crippen molar-refractivity contribution < 1.29 is 58.9 Å². The van der Waals surface area contributed by atoms with E-state index in [1.54, 1.807) is 13.8 Å². The Labute approximate surface area is 249 Å². The van der Waals surface area contributed by atoms with Crippen LogP contribution in [0.1, 0.15) is 67.0 Å². The number of carbonyl (C=O) groups is 1. The summed E-state index contributed by atoms with van der Waals surface area (Å²) in [5.74, 6) is -4.07. The Bertz CT molecular complexity index is 1620. The first-order valence-electron chi connectivity index (χ1n) is 13.4. The Morgan fingerprint density at radius 1 is 0.978 bits per heavy atom. The van der Waals surface area contributed by atoms with Crippen molar-refractivity contribution in [1.82, 2.24) is 20.1 Å². The molecule has 0 spiro atoms. The summed E-state index contributed by atoms with van der Waals surface area (Å²) in [5.41, 5.74) is -2.77. The number of aliphatic hydroxyl groups is 1. The molecule has 2 aliphatic heterocycles. The molecule has 1 atom stereocenters. The lowest BCUT2D eigenvalue weighted by atomic mass is 9.84. The molecule has 2 aliphatic rings. The highest BCUT2D eigenvalue weighted by Crippen LogP contribution is 2.45. The van der Waals surface area contributed by atoms with Crippen LogP contribution in [0.4, 0.5) is 40.8 Å². The third-order valence-corrected chi connectivity index (χ3v) is 7.40. The lowest BCUT2D eigenvalue weighted by molar-refractivity contribution is -0.286. The van der Waals surface area contributed by atoms with Crippen LogP contribution < -0.4 is 15.2 Å². The fraction of sp³-hybridized carbons (Fsp3) is 0.481. The van der Waals surface area contributed by atoms with Crippen molar-refractivity contribution in [2.75, 3.05) is 12.3 Å². The average Bonchev–Trinajstić information content (AvgIpc) is 3.51. The fourth-order valence-electron chi connectivity index (χ4n) is 5.18. The van der Waals surface area contributed by atoms with Crippen LogP contribution >= 0.6 is 0 Å². The summed E-state index contributed by atoms with van der Waals surface area (Å²) in [5, 5.41) is 17.4. The SMILES string of the molecule is CC1(C)CCCC[C@](O)(C(F)(F)F)c2nnc(o2)-c2nc(c(C(F)(F)F)cc2N)C(=O)N(Cc2ccc3c(c2)OC(F)(F)O3)C1. The molecule has 3 N–H and O–H groups in total. The summed E-state index contributed by atoms with van der Waals surface area (Å²) in [7, 11) is 0. The number of alkyl halides is 8. The third-order valence-electron chi connectivity index (χ3n) is 7.40. The van der Waals surface area contributed by atoms with E-state index in [1.165, 1.54) is 6.07 Å². The van der Waals surface area contributed by atoms with E-state index in [1.807, 2.05) is 0 Å². The van der Waals surface area contributed by atoms with Gasteiger partial charge in [0, 0.05) is 13.1 Å². The second-order valence-corrected chi connectivity index (χ2v) is 11.6. The monoisotopic (exact) mass is 651 g/mol. The van der Waals surface area contributed by atoms with E-state index >= 15 is 0 Å². The Morgan fingerprint density at radius 2 is 1.64 bits per heavy atom. The van der Waals surface area contributed by atoms with Crippen LogP contribution in [0.5, 0.6) is 11.5 Å². The van der Waals surface area contributed by atoms with Gasteiger partial charge in [-0.15, -0.1) is 19.0 Å². The number of nitrogens with two attached hydrogens (primary N) is 1. The number of halogens is 8. The van der Waals surface area contributed by atoms with E-state index in [0.717, 1.165) is 17.0 Å². The molecule has 244 valence electrons. The minimum absolute atomic E-state index is 0.0836. The molecule has 4 bridgehead atoms. The van der Waals surface area contributed by atoms with Gasteiger partial charge in [-0.05, 0) is 48.4 Å². The Balaban J connectivity index is 1.64. The molecule has 4 heterocycles. The van der Waals surface area contributed by atoms with Gasteiger partial charge in [-0.25, -0.2) is 4.98 Å². The summed E-state index contributed by atoms with van der Waals surface area (Å²) in [4.78, 5) is 18.7. The van der Waals surface area contributed by atoms with Crippen LogP contribution in [-0.4, -0.2) is 50.1 Å². The van der Waals surface area contributed by atoms with E-state index in [-0.39, 0.29) is 42.9 Å². The molecule has 18 heteroatoms. The zero-order valence-electron chi connectivity index (χ0n) is 23.5. The number of nitrogens with zero attached hydrogens (tertiary/aromatic N) is 4. The minimum atomic E-state index is -5.27. The maximum absolute atomic E-state index is 14.2. The van der Waals surface area contributed by atoms with Gasteiger partial charge in [0.1, 0.15) is 5.69 Å². The number of nitrogen functional groups attached to an aromatic ring is 1. The quantitative estimate of drug-likeness (QED) is 0.318. The lowest BCUT2D eigenvalue weighted by Gasteiger charge is -2.34. The van der Waals surface area contributed by atoms with Crippen molar-refractivity contribution in [3.05, 3.63) is 47.0 Å². The molecule has 0 fully saturated rings. The Hall–Kier alpha value is -4.22. The first kappa shape index (κ1) is 32.2. The number of benzene rings is 1. The molecule has 0 saturated carbocycles. The number of hydrogen-bond acceptors (Lipinski definition) is 9. The Morgan fingerprint density at radius 3 is 2.31 bits per heavy atom. The molecule has 10 nitrogen and oxygen atoms in total. The van der Waals surface area contributed by atoms with E-state index < -0.39 is 83.0 Å². The summed E-state index contributed by atoms with van der Waals surface area (Å²) >= 11 is 0. The first-order valence-corrected chi connectivity index (χ1v) is 13.4. The van der Waals surface area contributed by atoms with Crippen LogP contribution in [0.15, 0.2) is 28.7 Å². The highest BCUT2D eigenvalue weighted by molar-refractivity contribution is 5.95. The van der Waals surface area contributed by atoms with E-state index in [4.69, 9.17) is 10.2 Å². The molecule has 0 aliphatic carbocycles. The van der Waals surface area contributed by atoms with Crippen molar-refractivity contribution in [2.24, 2.45) is 5.41 Å². The molecule has 2 aromatic heterocycles. The zero-order chi connectivity index (χ0) is 33.2. The van der Waals surface area contributed by atoms with Gasteiger partial charge in [-0.3, -0.25) is 4.79 Å². The smallest absolute Gasteiger partial charge is 0.416 e. The number of ether oxygens (including phenoxy) is 2. The van der Waals surface area contributed by atoms with Crippen molar-refractivity contribution >= 4 is 11.6 Å². The van der Waals surface area contributed by atoms with E-state index in [9.17, 15) is 45.0 Å². The molecule has 0 radical (unpaired) electrons. The van der Waals surface area contributed by atoms with Gasteiger partial charge < -0.3 is 29.6 Å². The summed E-state index contributed by atoms with van der Waals surface area (Å²) in [6.45, 7) is 2.61. The lowest BCUT2D eigenvalue weighted by Crippen LogP contribution is -2.42. The number of hydrogen-bond donors (Lipinski definition) is 2. The predicted octanol–water partition coefficient (Wildman–Crippen LogP) is 6.05. The number of rotatable bonds is 2. The highest BCUT2D eigenvalue weighted by atomic mass is 19.4. The molecule has 45 heavy (non-hydrogen) atoms. The summed E-state index contributed by atoms with van der Waals surface area (Å²) in [6.07, 6.45) is -15.2. The average molecular weight is 652 g/mol. The van der Waals surface area contributed by atoms with Gasteiger partial charge in [-0.2, -0.15) is 26.3 Å². The minimum Gasteiger partial charge on any atom is -0.416 e. The standard InChI is InChI=1S/C27H25F8N5O5/c1-23(2)7-3-4-8-24(42,26(31,32)33)22-39-38-20(43-22)19-15(36)10-14(25(28,29)30)18(37-19)21(41)40(12-23)11-13-5-6-16-17(9-13)45-27(34,35)44-16/h5-6,9-10,42H,3-4,7-8,11-12,36H2,1-2H3/t24-/m1/s1. The Kier molecular flexibility index (Phi) is 7.65. The normalized spacial score (nSPS) is 21.8. The van der Waals surface area contributed by atoms with Crippen LogP contribution in [0.3, 0.4) is 0 Å². The van der Waals surface area contributed by atoms with E-state index in [0.29, 0.717) is 6.07 Å². The number of fused-ring (bicyclic) bond motifs is 6. The van der Waals surface area contributed by atoms with Gasteiger partial charge >= 0.3 is 18.6 Å². The maximum Gasteiger partial charge on any atom is 0.586 e.